The molecule has 1 aromatic rings. The fourth-order valence-corrected chi connectivity index (χ4v) is 1.94. The Balaban J connectivity index is 1.84. The molecule has 2 unspecified atom stereocenters. The minimum Gasteiger partial charge on any atom is -0.432 e. The summed E-state index contributed by atoms with van der Waals surface area (Å²) in [7, 11) is 2.05. The van der Waals surface area contributed by atoms with Crippen molar-refractivity contribution in [3.05, 3.63) is 12.0 Å². The molecule has 1 aliphatic carbocycles. The van der Waals surface area contributed by atoms with Crippen LogP contribution in [0, 0.1) is 11.8 Å². The summed E-state index contributed by atoms with van der Waals surface area (Å²) in [5.41, 5.74) is 0.976. The monoisotopic (exact) mass is 237 g/mol. The van der Waals surface area contributed by atoms with Gasteiger partial charge in [-0.2, -0.15) is 4.98 Å². The van der Waals surface area contributed by atoms with Crippen LogP contribution in [-0.2, 0) is 6.54 Å². The first-order valence-corrected chi connectivity index (χ1v) is 6.45. The van der Waals surface area contributed by atoms with Crippen LogP contribution in [-0.4, -0.2) is 24.6 Å². The van der Waals surface area contributed by atoms with E-state index in [0.29, 0.717) is 6.04 Å². The maximum Gasteiger partial charge on any atom is 0.297 e. The highest BCUT2D eigenvalue weighted by atomic mass is 16.4. The molecule has 1 aliphatic rings. The molecule has 0 radical (unpaired) electrons. The Kier molecular flexibility index (Phi) is 3.72. The molecule has 1 N–H and O–H groups in total. The van der Waals surface area contributed by atoms with Crippen LogP contribution < -0.4 is 10.2 Å². The van der Waals surface area contributed by atoms with Gasteiger partial charge in [0.05, 0.1) is 5.69 Å². The van der Waals surface area contributed by atoms with E-state index in [2.05, 4.69) is 43.0 Å². The van der Waals surface area contributed by atoms with Crippen molar-refractivity contribution >= 4 is 6.01 Å². The number of nitrogens with zero attached hydrogens (tertiary/aromatic N) is 2. The highest BCUT2D eigenvalue weighted by Crippen LogP contribution is 2.38. The van der Waals surface area contributed by atoms with Gasteiger partial charge in [-0.3, -0.25) is 0 Å². The third-order valence-corrected chi connectivity index (χ3v) is 3.34. The average Bonchev–Trinajstić information content (AvgIpc) is 2.81. The molecule has 0 spiro atoms. The standard InChI is InChI=1S/C13H23N3O/c1-9(2)14-6-12-8-17-13(15-12)16(4)7-11-5-10(11)3/h8-11,14H,5-7H2,1-4H3. The molecule has 1 aromatic heterocycles. The Morgan fingerprint density at radius 3 is 2.88 bits per heavy atom. The first-order chi connectivity index (χ1) is 8.06. The molecule has 0 amide bonds. The lowest BCUT2D eigenvalue weighted by Crippen LogP contribution is -2.23. The second-order valence-electron chi connectivity index (χ2n) is 5.51. The lowest BCUT2D eigenvalue weighted by atomic mass is 10.3. The molecule has 4 nitrogen and oxygen atoms in total. The molecule has 0 bridgehead atoms. The SMILES string of the molecule is CC(C)NCc1coc(N(C)CC2CC2C)n1. The molecule has 1 fully saturated rings. The van der Waals surface area contributed by atoms with Crippen LogP contribution in [0.2, 0.25) is 0 Å². The molecule has 96 valence electrons. The topological polar surface area (TPSA) is 41.3 Å². The van der Waals surface area contributed by atoms with Crippen LogP contribution in [0.3, 0.4) is 0 Å². The maximum absolute atomic E-state index is 5.50. The summed E-state index contributed by atoms with van der Waals surface area (Å²) in [5, 5.41) is 3.33. The molecule has 2 rings (SSSR count). The highest BCUT2D eigenvalue weighted by molar-refractivity contribution is 5.26. The molecule has 2 atom stereocenters. The van der Waals surface area contributed by atoms with E-state index in [1.807, 2.05) is 0 Å². The van der Waals surface area contributed by atoms with Gasteiger partial charge in [0.25, 0.3) is 6.01 Å². The molecule has 1 heterocycles. The summed E-state index contributed by atoms with van der Waals surface area (Å²) in [6.07, 6.45) is 3.09. The van der Waals surface area contributed by atoms with Crippen molar-refractivity contribution < 1.29 is 4.42 Å². The van der Waals surface area contributed by atoms with Crippen LogP contribution in [0.5, 0.6) is 0 Å². The molecular weight excluding hydrogens is 214 g/mol. The number of hydrogen-bond donors (Lipinski definition) is 1. The zero-order valence-electron chi connectivity index (χ0n) is 11.2. The lowest BCUT2D eigenvalue weighted by molar-refractivity contribution is 0.533. The van der Waals surface area contributed by atoms with E-state index < -0.39 is 0 Å². The maximum atomic E-state index is 5.50. The molecule has 1 saturated carbocycles. The fourth-order valence-electron chi connectivity index (χ4n) is 1.94. The van der Waals surface area contributed by atoms with Crippen molar-refractivity contribution in [3.63, 3.8) is 0 Å². The molecule has 4 heteroatoms. The molecule has 0 saturated heterocycles. The fraction of sp³-hybridized carbons (Fsp3) is 0.769. The van der Waals surface area contributed by atoms with Crippen molar-refractivity contribution in [3.8, 4) is 0 Å². The lowest BCUT2D eigenvalue weighted by Gasteiger charge is -2.13. The zero-order valence-corrected chi connectivity index (χ0v) is 11.2. The molecule has 0 aromatic carbocycles. The van der Waals surface area contributed by atoms with E-state index in [-0.39, 0.29) is 0 Å². The first kappa shape index (κ1) is 12.4. The number of hydrogen-bond acceptors (Lipinski definition) is 4. The van der Waals surface area contributed by atoms with Gasteiger partial charge in [-0.25, -0.2) is 0 Å². The van der Waals surface area contributed by atoms with Crippen molar-refractivity contribution in [1.29, 1.82) is 0 Å². The van der Waals surface area contributed by atoms with Crippen LogP contribution in [0.1, 0.15) is 32.9 Å². The Morgan fingerprint density at radius 1 is 1.59 bits per heavy atom. The van der Waals surface area contributed by atoms with Gasteiger partial charge in [-0.1, -0.05) is 20.8 Å². The van der Waals surface area contributed by atoms with Crippen molar-refractivity contribution in [2.75, 3.05) is 18.5 Å². The van der Waals surface area contributed by atoms with Gasteiger partial charge >= 0.3 is 0 Å². The predicted octanol–water partition coefficient (Wildman–Crippen LogP) is 2.26. The van der Waals surface area contributed by atoms with E-state index >= 15 is 0 Å². The van der Waals surface area contributed by atoms with Crippen molar-refractivity contribution in [2.45, 2.75) is 39.8 Å². The Morgan fingerprint density at radius 2 is 2.29 bits per heavy atom. The van der Waals surface area contributed by atoms with Gasteiger partial charge in [0, 0.05) is 26.2 Å². The quantitative estimate of drug-likeness (QED) is 0.824. The predicted molar refractivity (Wildman–Crippen MR) is 69.0 cm³/mol. The second kappa shape index (κ2) is 5.08. The second-order valence-corrected chi connectivity index (χ2v) is 5.51. The van der Waals surface area contributed by atoms with E-state index in [1.54, 1.807) is 6.26 Å². The first-order valence-electron chi connectivity index (χ1n) is 6.45. The van der Waals surface area contributed by atoms with Crippen molar-refractivity contribution in [1.82, 2.24) is 10.3 Å². The van der Waals surface area contributed by atoms with Crippen LogP contribution >= 0.6 is 0 Å². The van der Waals surface area contributed by atoms with E-state index in [1.165, 1.54) is 6.42 Å². The number of aromatic nitrogens is 1. The third kappa shape index (κ3) is 3.46. The van der Waals surface area contributed by atoms with Crippen molar-refractivity contribution in [2.24, 2.45) is 11.8 Å². The van der Waals surface area contributed by atoms with Gasteiger partial charge in [0.1, 0.15) is 6.26 Å². The molecular formula is C13H23N3O. The van der Waals surface area contributed by atoms with E-state index in [9.17, 15) is 0 Å². The van der Waals surface area contributed by atoms with Gasteiger partial charge in [-0.15, -0.1) is 0 Å². The summed E-state index contributed by atoms with van der Waals surface area (Å²) in [4.78, 5) is 6.60. The highest BCUT2D eigenvalue weighted by Gasteiger charge is 2.33. The largest absolute Gasteiger partial charge is 0.432 e. The van der Waals surface area contributed by atoms with Crippen LogP contribution in [0.25, 0.3) is 0 Å². The van der Waals surface area contributed by atoms with Crippen LogP contribution in [0.15, 0.2) is 10.7 Å². The van der Waals surface area contributed by atoms with E-state index in [4.69, 9.17) is 4.42 Å². The summed E-state index contributed by atoms with van der Waals surface area (Å²) >= 11 is 0. The summed E-state index contributed by atoms with van der Waals surface area (Å²) in [6, 6.07) is 1.21. The number of oxazole rings is 1. The average molecular weight is 237 g/mol. The normalized spacial score (nSPS) is 23.1. The Labute approximate surface area is 103 Å². The Bertz CT molecular complexity index is 361. The summed E-state index contributed by atoms with van der Waals surface area (Å²) < 4.78 is 5.50. The third-order valence-electron chi connectivity index (χ3n) is 3.34. The molecule has 17 heavy (non-hydrogen) atoms. The smallest absolute Gasteiger partial charge is 0.297 e. The van der Waals surface area contributed by atoms with Gasteiger partial charge < -0.3 is 14.6 Å². The zero-order chi connectivity index (χ0) is 12.4. The van der Waals surface area contributed by atoms with Gasteiger partial charge in [0.2, 0.25) is 0 Å². The van der Waals surface area contributed by atoms with E-state index in [0.717, 1.165) is 36.6 Å². The molecule has 0 aliphatic heterocycles. The van der Waals surface area contributed by atoms with Gasteiger partial charge in [0.15, 0.2) is 0 Å². The number of anilines is 1. The summed E-state index contributed by atoms with van der Waals surface area (Å²) in [5.74, 6) is 1.69. The van der Waals surface area contributed by atoms with Crippen LogP contribution in [0.4, 0.5) is 6.01 Å². The minimum atomic E-state index is 0.472. The number of nitrogens with one attached hydrogen (secondary N) is 1. The Hall–Kier alpha value is -1.03. The minimum absolute atomic E-state index is 0.472. The van der Waals surface area contributed by atoms with Gasteiger partial charge in [-0.05, 0) is 18.3 Å². The summed E-state index contributed by atoms with van der Waals surface area (Å²) in [6.45, 7) is 8.38. The number of rotatable bonds is 6.